The smallest absolute Gasteiger partial charge is 0.331 e. The number of esters is 2. The molecule has 116 heavy (non-hydrogen) atoms. The molecular formula is C79H120O37. The zero-order valence-electron chi connectivity index (χ0n) is 66.0. The lowest BCUT2D eigenvalue weighted by molar-refractivity contribution is -0.384. The van der Waals surface area contributed by atoms with Gasteiger partial charge >= 0.3 is 11.9 Å². The Balaban J connectivity index is 0.778. The Labute approximate surface area is 670 Å². The maximum atomic E-state index is 16.3. The first-order chi connectivity index (χ1) is 54.7. The number of benzene rings is 1. The largest absolute Gasteiger partial charge is 0.459 e. The zero-order valence-corrected chi connectivity index (χ0v) is 66.0. The van der Waals surface area contributed by atoms with Gasteiger partial charge in [-0.3, -0.25) is 4.79 Å². The number of aliphatic hydroxyl groups excluding tert-OH is 20. The number of carbonyl (C=O) groups excluding carboxylic acids is 2. The Bertz CT molecular complexity index is 3540. The van der Waals surface area contributed by atoms with Crippen molar-refractivity contribution in [3.8, 4) is 0 Å². The molecule has 37 nitrogen and oxygen atoms in total. The Hall–Kier alpha value is -3.68. The SMILES string of the molecule is C[C@@H]1O[C@@H](O[C@H]2[C@H](OC(=O)[C@@]34CC[C@]5(C)C(=CC[C@@H]6[C@@]7(C)CC[C@H](O[C@@H]8O[C@H](CO[C@@H]9OC[C@H](O)[C@H](O)[C@H]9O[C@@H]9OC[C@@H](O)[C@H](O)[C@H]9O)[C@@H](O)[C@H](O)[C@H]8O[C@@H]8O[C@H](CO)[C@@H](O)[C@H](O)[C@H]8O)C(C)(C)[C@@H]7CC[C@]65C)[C@@H]3CC(C)(C)[C@@H](OC(=O)/C=C/c3ccccc3)C4)O[C@H](CO)[C@@H](O)[C@@H]2O)[C@H](O)[C@H](O[C@@H]2O[C@H](CO)[C@@H](O)[C@H](O)[C@H]2O)[C@H]1O. The summed E-state index contributed by atoms with van der Waals surface area (Å²) in [6.07, 6.45) is -51.5. The van der Waals surface area contributed by atoms with E-state index in [1.165, 1.54) is 13.0 Å². The molecule has 13 rings (SSSR count). The summed E-state index contributed by atoms with van der Waals surface area (Å²) in [6, 6.07) is 9.09. The first-order valence-corrected chi connectivity index (χ1v) is 40.3. The number of rotatable bonds is 21. The van der Waals surface area contributed by atoms with Crippen molar-refractivity contribution in [3.63, 3.8) is 0 Å². The summed E-state index contributed by atoms with van der Waals surface area (Å²) < 4.78 is 91.4. The normalized spacial score (nSPS) is 50.8. The molecule has 42 atom stereocenters. The highest BCUT2D eigenvalue weighted by molar-refractivity contribution is 5.87. The van der Waals surface area contributed by atoms with E-state index in [1.54, 1.807) is 6.08 Å². The van der Waals surface area contributed by atoms with Crippen LogP contribution in [0.3, 0.4) is 0 Å². The minimum absolute atomic E-state index is 0.0464. The summed E-state index contributed by atoms with van der Waals surface area (Å²) in [5.74, 6) is -2.37. The molecule has 4 saturated carbocycles. The van der Waals surface area contributed by atoms with E-state index in [-0.39, 0.29) is 31.1 Å². The monoisotopic (exact) mass is 1660 g/mol. The van der Waals surface area contributed by atoms with Crippen molar-refractivity contribution in [1.82, 2.24) is 0 Å². The molecule has 658 valence electrons. The fraction of sp³-hybridized carbons (Fsp3) is 0.848. The molecule has 0 unspecified atom stereocenters. The molecule has 0 radical (unpaired) electrons. The van der Waals surface area contributed by atoms with Gasteiger partial charge in [-0.2, -0.15) is 0 Å². The number of hydrogen-bond acceptors (Lipinski definition) is 37. The Kier molecular flexibility index (Phi) is 27.3. The molecule has 7 heterocycles. The van der Waals surface area contributed by atoms with Crippen molar-refractivity contribution in [1.29, 1.82) is 0 Å². The molecule has 0 spiro atoms. The molecule has 37 heteroatoms. The van der Waals surface area contributed by atoms with Gasteiger partial charge in [-0.15, -0.1) is 0 Å². The highest BCUT2D eigenvalue weighted by atomic mass is 16.8. The van der Waals surface area contributed by atoms with Gasteiger partial charge in [0.05, 0.1) is 57.3 Å². The molecule has 7 saturated heterocycles. The number of carbonyl (C=O) groups is 2. The van der Waals surface area contributed by atoms with Gasteiger partial charge in [-0.25, -0.2) is 4.79 Å². The highest BCUT2D eigenvalue weighted by Crippen LogP contribution is 2.76. The van der Waals surface area contributed by atoms with Crippen LogP contribution >= 0.6 is 0 Å². The number of hydrogen-bond donors (Lipinski definition) is 20. The average Bonchev–Trinajstić information content (AvgIpc) is 0.672. The zero-order chi connectivity index (χ0) is 84.1. The molecule has 20 N–H and O–H groups in total. The molecule has 11 fully saturated rings. The average molecular weight is 1660 g/mol. The minimum Gasteiger partial charge on any atom is -0.459 e. The standard InChI is InChI=1S/C79H120O37/c1-32-47(86)62(112-67-59(98)54(93)50(89)38(26-80)106-67)61(100)69(105-32)115-65-56(95)52(91)40(28-82)108-72(65)116-73(101)79-23-22-77(7)34(35(79)24-74(2,3)45(25-79)110-46(85)17-14-33-12-10-9-11-13-33)15-16-43-76(6)20-19-44(75(4,5)42(76)18-21-78(43,77)8)111-71-64(114-68-60(99)55(94)51(90)39(27-81)107-68)57(96)53(92)41(109-71)31-104-70-63(49(88)37(84)30-103-70)113-66-58(97)48(87)36(83)29-102-66/h9-15,17,32,35-45,47-72,80-84,86-100H,16,18-31H2,1-8H3/b17-14+/t32-,35-,36+,37-,38+,39+,40+,41+,42-,43+,44-,45-,47-,48-,49-,50+,51+,52+,53+,54-,55-,56-,57-,58+,59+,60+,61+,62+,63+,64+,65+,66-,67-,68-,69-,70-,71-,72-,76-,77+,78+,79+/m0/s1. The fourth-order valence-electron chi connectivity index (χ4n) is 21.3. The van der Waals surface area contributed by atoms with Gasteiger partial charge in [0.25, 0.3) is 0 Å². The molecule has 1 aromatic carbocycles. The van der Waals surface area contributed by atoms with Gasteiger partial charge < -0.3 is 173 Å². The third-order valence-electron chi connectivity index (χ3n) is 28.5. The number of ether oxygens (including phenoxy) is 15. The van der Waals surface area contributed by atoms with E-state index in [1.807, 2.05) is 44.2 Å². The lowest BCUT2D eigenvalue weighted by Gasteiger charge is -2.71. The van der Waals surface area contributed by atoms with Crippen molar-refractivity contribution in [2.24, 2.45) is 50.2 Å². The van der Waals surface area contributed by atoms with Crippen LogP contribution in [0.1, 0.15) is 119 Å². The summed E-state index contributed by atoms with van der Waals surface area (Å²) >= 11 is 0. The first kappa shape index (κ1) is 90.1. The molecular weight excluding hydrogens is 1540 g/mol. The van der Waals surface area contributed by atoms with Crippen LogP contribution in [0.25, 0.3) is 6.08 Å². The summed E-state index contributed by atoms with van der Waals surface area (Å²) in [6.45, 7) is 12.1. The van der Waals surface area contributed by atoms with Crippen molar-refractivity contribution in [3.05, 3.63) is 53.6 Å². The second kappa shape index (κ2) is 35.2. The Morgan fingerprint density at radius 1 is 0.466 bits per heavy atom. The van der Waals surface area contributed by atoms with Gasteiger partial charge in [-0.05, 0) is 109 Å². The quantitative estimate of drug-likeness (QED) is 0.0237. The topological polar surface area (TPSA) is 577 Å². The van der Waals surface area contributed by atoms with Crippen molar-refractivity contribution < 1.29 is 183 Å². The van der Waals surface area contributed by atoms with Crippen molar-refractivity contribution in [2.45, 2.75) is 328 Å². The highest BCUT2D eigenvalue weighted by Gasteiger charge is 2.72. The molecule has 0 bridgehead atoms. The summed E-state index contributed by atoms with van der Waals surface area (Å²) in [4.78, 5) is 30.4. The van der Waals surface area contributed by atoms with Crippen LogP contribution in [0.4, 0.5) is 0 Å². The summed E-state index contributed by atoms with van der Waals surface area (Å²) in [5, 5.41) is 220. The van der Waals surface area contributed by atoms with E-state index in [0.717, 1.165) is 11.1 Å². The second-order valence-corrected chi connectivity index (χ2v) is 36.0. The molecule has 0 aromatic heterocycles. The van der Waals surface area contributed by atoms with Crippen molar-refractivity contribution >= 4 is 18.0 Å². The Morgan fingerprint density at radius 3 is 1.59 bits per heavy atom. The number of aliphatic hydroxyl groups is 20. The first-order valence-electron chi connectivity index (χ1n) is 40.3. The molecule has 5 aliphatic carbocycles. The Morgan fingerprint density at radius 2 is 0.983 bits per heavy atom. The molecule has 7 aliphatic heterocycles. The van der Waals surface area contributed by atoms with Gasteiger partial charge in [0.15, 0.2) is 43.8 Å². The van der Waals surface area contributed by atoms with E-state index in [2.05, 4.69) is 40.7 Å². The molecule has 0 amide bonds. The van der Waals surface area contributed by atoms with Crippen LogP contribution in [0.2, 0.25) is 0 Å². The summed E-state index contributed by atoms with van der Waals surface area (Å²) in [5.41, 5.74) is -3.10. The van der Waals surface area contributed by atoms with Crippen LogP contribution in [0.5, 0.6) is 0 Å². The van der Waals surface area contributed by atoms with Crippen LogP contribution in [0.15, 0.2) is 48.1 Å². The molecule has 1 aromatic rings. The van der Waals surface area contributed by atoms with E-state index < -0.39 is 305 Å². The van der Waals surface area contributed by atoms with E-state index >= 15 is 4.79 Å². The summed E-state index contributed by atoms with van der Waals surface area (Å²) in [7, 11) is 0. The molecule has 12 aliphatic rings. The van der Waals surface area contributed by atoms with E-state index in [0.29, 0.717) is 38.5 Å². The van der Waals surface area contributed by atoms with Crippen LogP contribution in [-0.4, -0.2) is 369 Å². The van der Waals surface area contributed by atoms with Crippen molar-refractivity contribution in [2.75, 3.05) is 39.6 Å². The minimum atomic E-state index is -2.06. The van der Waals surface area contributed by atoms with E-state index in [9.17, 15) is 107 Å². The van der Waals surface area contributed by atoms with Gasteiger partial charge in [0.1, 0.15) is 153 Å². The second-order valence-electron chi connectivity index (χ2n) is 36.0. The predicted octanol–water partition coefficient (Wildman–Crippen LogP) is -5.02. The van der Waals surface area contributed by atoms with Crippen LogP contribution in [-0.2, 0) is 80.6 Å². The van der Waals surface area contributed by atoms with E-state index in [4.69, 9.17) is 71.1 Å². The predicted molar refractivity (Wildman–Crippen MR) is 388 cm³/mol. The fourth-order valence-corrected chi connectivity index (χ4v) is 21.3. The number of fused-ring (bicyclic) bond motifs is 7. The lowest BCUT2D eigenvalue weighted by atomic mass is 9.33. The van der Waals surface area contributed by atoms with Crippen LogP contribution < -0.4 is 0 Å². The van der Waals surface area contributed by atoms with Gasteiger partial charge in [0.2, 0.25) is 6.29 Å². The number of allylic oxidation sites excluding steroid dienone is 2. The third kappa shape index (κ3) is 16.4. The van der Waals surface area contributed by atoms with Gasteiger partial charge in [0, 0.05) is 17.9 Å². The maximum Gasteiger partial charge on any atom is 0.331 e. The van der Waals surface area contributed by atoms with Gasteiger partial charge in [-0.1, -0.05) is 90.4 Å². The maximum absolute atomic E-state index is 16.3. The lowest BCUT2D eigenvalue weighted by Crippen LogP contribution is -2.68. The third-order valence-corrected chi connectivity index (χ3v) is 28.5. The van der Waals surface area contributed by atoms with Crippen LogP contribution in [0, 0.1) is 50.2 Å².